The molecule has 0 aromatic carbocycles. The highest BCUT2D eigenvalue weighted by Gasteiger charge is 2.29. The molecule has 0 radical (unpaired) electrons. The van der Waals surface area contributed by atoms with Gasteiger partial charge in [0.1, 0.15) is 0 Å². The van der Waals surface area contributed by atoms with E-state index in [2.05, 4.69) is 10.6 Å². The molecule has 0 aromatic heterocycles. The number of aliphatic hydroxyl groups is 1. The van der Waals surface area contributed by atoms with Gasteiger partial charge >= 0.3 is 6.03 Å². The van der Waals surface area contributed by atoms with E-state index in [1.165, 1.54) is 0 Å². The maximum atomic E-state index is 11.4. The average Bonchev–Trinajstić information content (AvgIpc) is 2.25. The topological polar surface area (TPSA) is 70.6 Å². The standard InChI is InChI=1S/C11H22N2O3/c1-9(2)7-12-10(14)13-8-11(15)3-5-16-6-4-11/h9,15H,3-8H2,1-2H3,(H2,12,13,14). The molecular formula is C11H22N2O3. The van der Waals surface area contributed by atoms with Gasteiger partial charge in [-0.15, -0.1) is 0 Å². The van der Waals surface area contributed by atoms with Crippen molar-refractivity contribution in [2.75, 3.05) is 26.3 Å². The van der Waals surface area contributed by atoms with Crippen LogP contribution in [0.25, 0.3) is 0 Å². The van der Waals surface area contributed by atoms with Gasteiger partial charge in [-0.05, 0) is 5.92 Å². The molecule has 0 aromatic rings. The Hall–Kier alpha value is -0.810. The maximum Gasteiger partial charge on any atom is 0.314 e. The molecule has 1 saturated heterocycles. The Bertz CT molecular complexity index is 225. The molecule has 1 fully saturated rings. The molecule has 1 rings (SSSR count). The second-order valence-electron chi connectivity index (χ2n) is 4.79. The van der Waals surface area contributed by atoms with E-state index in [1.807, 2.05) is 13.8 Å². The number of carbonyl (C=O) groups excluding carboxylic acids is 1. The fourth-order valence-corrected chi connectivity index (χ4v) is 1.53. The Morgan fingerprint density at radius 1 is 1.38 bits per heavy atom. The van der Waals surface area contributed by atoms with E-state index in [-0.39, 0.29) is 6.03 Å². The maximum absolute atomic E-state index is 11.4. The van der Waals surface area contributed by atoms with Gasteiger partial charge in [0.05, 0.1) is 5.60 Å². The van der Waals surface area contributed by atoms with E-state index in [9.17, 15) is 9.90 Å². The summed E-state index contributed by atoms with van der Waals surface area (Å²) in [6, 6.07) is -0.214. The quantitative estimate of drug-likeness (QED) is 0.658. The van der Waals surface area contributed by atoms with Crippen molar-refractivity contribution in [3.8, 4) is 0 Å². The highest BCUT2D eigenvalue weighted by molar-refractivity contribution is 5.73. The highest BCUT2D eigenvalue weighted by Crippen LogP contribution is 2.18. The van der Waals surface area contributed by atoms with Crippen LogP contribution in [0.3, 0.4) is 0 Å². The number of amides is 2. The average molecular weight is 230 g/mol. The van der Waals surface area contributed by atoms with Gasteiger partial charge in [0.25, 0.3) is 0 Å². The first-order chi connectivity index (χ1) is 7.52. The van der Waals surface area contributed by atoms with Crippen molar-refractivity contribution >= 4 is 6.03 Å². The first-order valence-corrected chi connectivity index (χ1v) is 5.84. The van der Waals surface area contributed by atoms with Crippen LogP contribution in [-0.4, -0.2) is 43.0 Å². The molecule has 5 nitrogen and oxygen atoms in total. The number of nitrogens with one attached hydrogen (secondary N) is 2. The van der Waals surface area contributed by atoms with E-state index in [1.54, 1.807) is 0 Å². The first kappa shape index (κ1) is 13.3. The SMILES string of the molecule is CC(C)CNC(=O)NCC1(O)CCOCC1. The molecule has 94 valence electrons. The van der Waals surface area contributed by atoms with Crippen LogP contribution in [0.15, 0.2) is 0 Å². The summed E-state index contributed by atoms with van der Waals surface area (Å²) in [7, 11) is 0. The van der Waals surface area contributed by atoms with Crippen LogP contribution in [-0.2, 0) is 4.74 Å². The predicted molar refractivity (Wildman–Crippen MR) is 61.2 cm³/mol. The van der Waals surface area contributed by atoms with Gasteiger partial charge in [-0.25, -0.2) is 4.79 Å². The zero-order valence-electron chi connectivity index (χ0n) is 10.1. The van der Waals surface area contributed by atoms with Gasteiger partial charge in [0.15, 0.2) is 0 Å². The number of hydrogen-bond donors (Lipinski definition) is 3. The summed E-state index contributed by atoms with van der Waals surface area (Å²) >= 11 is 0. The molecule has 0 atom stereocenters. The minimum absolute atomic E-state index is 0.214. The van der Waals surface area contributed by atoms with E-state index in [0.717, 1.165) is 0 Å². The van der Waals surface area contributed by atoms with Gasteiger partial charge in [-0.2, -0.15) is 0 Å². The van der Waals surface area contributed by atoms with Crippen molar-refractivity contribution in [2.24, 2.45) is 5.92 Å². The molecule has 5 heteroatoms. The molecule has 3 N–H and O–H groups in total. The second-order valence-corrected chi connectivity index (χ2v) is 4.79. The Labute approximate surface area is 96.6 Å². The lowest BCUT2D eigenvalue weighted by atomic mass is 9.94. The number of urea groups is 1. The summed E-state index contributed by atoms with van der Waals surface area (Å²) in [6.07, 6.45) is 1.16. The van der Waals surface area contributed by atoms with E-state index < -0.39 is 5.60 Å². The zero-order chi connectivity index (χ0) is 12.0. The van der Waals surface area contributed by atoms with Crippen LogP contribution in [0.2, 0.25) is 0 Å². The van der Waals surface area contributed by atoms with Crippen molar-refractivity contribution < 1.29 is 14.6 Å². The minimum Gasteiger partial charge on any atom is -0.388 e. The van der Waals surface area contributed by atoms with Crippen LogP contribution < -0.4 is 10.6 Å². The summed E-state index contributed by atoms with van der Waals surface area (Å²) < 4.78 is 5.16. The van der Waals surface area contributed by atoms with Crippen molar-refractivity contribution in [1.29, 1.82) is 0 Å². The normalized spacial score (nSPS) is 19.5. The van der Waals surface area contributed by atoms with Gasteiger partial charge in [-0.3, -0.25) is 0 Å². The summed E-state index contributed by atoms with van der Waals surface area (Å²) in [5, 5.41) is 15.5. The van der Waals surface area contributed by atoms with E-state index in [0.29, 0.717) is 45.1 Å². The first-order valence-electron chi connectivity index (χ1n) is 5.84. The molecule has 0 unspecified atom stereocenters. The second kappa shape index (κ2) is 6.06. The van der Waals surface area contributed by atoms with Crippen LogP contribution >= 0.6 is 0 Å². The van der Waals surface area contributed by atoms with Gasteiger partial charge in [-0.1, -0.05) is 13.8 Å². The number of rotatable bonds is 4. The molecule has 16 heavy (non-hydrogen) atoms. The zero-order valence-corrected chi connectivity index (χ0v) is 10.1. The molecule has 0 saturated carbocycles. The molecule has 0 spiro atoms. The summed E-state index contributed by atoms with van der Waals surface area (Å²) in [5.41, 5.74) is -0.798. The molecule has 0 bridgehead atoms. The Morgan fingerprint density at radius 3 is 2.56 bits per heavy atom. The summed E-state index contributed by atoms with van der Waals surface area (Å²) in [4.78, 5) is 11.4. The number of hydrogen-bond acceptors (Lipinski definition) is 3. The van der Waals surface area contributed by atoms with Crippen LogP contribution in [0, 0.1) is 5.92 Å². The third kappa shape index (κ3) is 4.81. The lowest BCUT2D eigenvalue weighted by molar-refractivity contribution is -0.0600. The lowest BCUT2D eigenvalue weighted by Crippen LogP contribution is -2.49. The Kier molecular flexibility index (Phi) is 5.02. The van der Waals surface area contributed by atoms with Crippen molar-refractivity contribution in [3.05, 3.63) is 0 Å². The van der Waals surface area contributed by atoms with E-state index >= 15 is 0 Å². The van der Waals surface area contributed by atoms with Crippen molar-refractivity contribution in [1.82, 2.24) is 10.6 Å². The van der Waals surface area contributed by atoms with Gasteiger partial charge < -0.3 is 20.5 Å². The third-order valence-corrected chi connectivity index (χ3v) is 2.67. The summed E-state index contributed by atoms with van der Waals surface area (Å²) in [5.74, 6) is 0.428. The van der Waals surface area contributed by atoms with Crippen LogP contribution in [0.5, 0.6) is 0 Å². The Morgan fingerprint density at radius 2 is 2.00 bits per heavy atom. The third-order valence-electron chi connectivity index (χ3n) is 2.67. The number of ether oxygens (including phenoxy) is 1. The monoisotopic (exact) mass is 230 g/mol. The Balaban J connectivity index is 2.19. The molecule has 1 heterocycles. The molecular weight excluding hydrogens is 208 g/mol. The predicted octanol–water partition coefficient (Wildman–Crippen LogP) is 0.483. The lowest BCUT2D eigenvalue weighted by Gasteiger charge is -2.32. The van der Waals surface area contributed by atoms with Crippen LogP contribution in [0.4, 0.5) is 4.79 Å². The van der Waals surface area contributed by atoms with Gasteiger partial charge in [0, 0.05) is 39.1 Å². The smallest absolute Gasteiger partial charge is 0.314 e. The molecule has 1 aliphatic rings. The van der Waals surface area contributed by atoms with Crippen molar-refractivity contribution in [3.63, 3.8) is 0 Å². The molecule has 0 aliphatic carbocycles. The fraction of sp³-hybridized carbons (Fsp3) is 0.909. The molecule has 1 aliphatic heterocycles. The summed E-state index contributed by atoms with van der Waals surface area (Å²) in [6.45, 7) is 6.13. The largest absolute Gasteiger partial charge is 0.388 e. The van der Waals surface area contributed by atoms with Gasteiger partial charge in [0.2, 0.25) is 0 Å². The molecule has 2 amide bonds. The van der Waals surface area contributed by atoms with Crippen molar-refractivity contribution in [2.45, 2.75) is 32.3 Å². The van der Waals surface area contributed by atoms with Crippen LogP contribution in [0.1, 0.15) is 26.7 Å². The minimum atomic E-state index is -0.798. The highest BCUT2D eigenvalue weighted by atomic mass is 16.5. The number of carbonyl (C=O) groups is 1. The fourth-order valence-electron chi connectivity index (χ4n) is 1.53. The van der Waals surface area contributed by atoms with E-state index in [4.69, 9.17) is 4.74 Å².